The van der Waals surface area contributed by atoms with E-state index in [1.807, 2.05) is 0 Å². The Kier molecular flexibility index (Phi) is 7.38. The van der Waals surface area contributed by atoms with Crippen LogP contribution in [0.4, 0.5) is 0 Å². The number of halogens is 10. The molecular formula is C17H3Cl10N. The van der Waals surface area contributed by atoms with Crippen LogP contribution in [0.2, 0.25) is 50.2 Å². The number of aromatic nitrogens is 1. The minimum atomic E-state index is 0.0581. The van der Waals surface area contributed by atoms with Gasteiger partial charge in [-0.2, -0.15) is 0 Å². The highest BCUT2D eigenvalue weighted by Crippen LogP contribution is 2.50. The first kappa shape index (κ1) is 23.2. The maximum absolute atomic E-state index is 6.30. The van der Waals surface area contributed by atoms with Crippen LogP contribution in [0.25, 0.3) is 22.4 Å². The third kappa shape index (κ3) is 3.89. The summed E-state index contributed by atoms with van der Waals surface area (Å²) in [7, 11) is 0. The predicted octanol–water partition coefficient (Wildman–Crippen LogP) is 10.9. The van der Waals surface area contributed by atoms with Gasteiger partial charge in [0, 0.05) is 22.9 Å². The van der Waals surface area contributed by atoms with E-state index in [-0.39, 0.29) is 50.2 Å². The zero-order valence-electron chi connectivity index (χ0n) is 13.0. The number of nitrogens with zero attached hydrogens (tertiary/aromatic N) is 1. The van der Waals surface area contributed by atoms with Crippen LogP contribution in [0.1, 0.15) is 0 Å². The summed E-state index contributed by atoms with van der Waals surface area (Å²) in [6, 6.07) is 3.31. The van der Waals surface area contributed by atoms with Crippen LogP contribution in [-0.2, 0) is 0 Å². The second-order valence-electron chi connectivity index (χ2n) is 5.32. The van der Waals surface area contributed by atoms with Gasteiger partial charge in [0.15, 0.2) is 0 Å². The molecule has 0 radical (unpaired) electrons. The number of pyridine rings is 1. The fourth-order valence-corrected chi connectivity index (χ4v) is 5.07. The average Bonchev–Trinajstić information content (AvgIpc) is 2.69. The van der Waals surface area contributed by atoms with Gasteiger partial charge in [-0.25, -0.2) is 0 Å². The number of hydrogen-bond acceptors (Lipinski definition) is 1. The Balaban J connectivity index is 2.18. The average molecular weight is 576 g/mol. The standard InChI is InChI=1S/C17H3Cl10N/c18-8-6(9(19)13(23)16(26)12(8)22)4-1-2-5(28-3-4)7-10(20)14(24)17(27)15(25)11(7)21/h1-3H. The molecule has 3 aromatic rings. The molecule has 0 aliphatic rings. The quantitative estimate of drug-likeness (QED) is 0.219. The Morgan fingerprint density at radius 3 is 1.14 bits per heavy atom. The van der Waals surface area contributed by atoms with Crippen molar-refractivity contribution in [3.05, 3.63) is 68.6 Å². The number of rotatable bonds is 2. The second-order valence-corrected chi connectivity index (χ2v) is 9.10. The van der Waals surface area contributed by atoms with Gasteiger partial charge in [0.2, 0.25) is 0 Å². The molecule has 1 nitrogen and oxygen atoms in total. The lowest BCUT2D eigenvalue weighted by molar-refractivity contribution is 1.32. The van der Waals surface area contributed by atoms with Gasteiger partial charge in [0.1, 0.15) is 0 Å². The van der Waals surface area contributed by atoms with Gasteiger partial charge in [-0.3, -0.25) is 4.98 Å². The van der Waals surface area contributed by atoms with E-state index in [0.29, 0.717) is 22.4 Å². The van der Waals surface area contributed by atoms with E-state index in [9.17, 15) is 0 Å². The molecule has 146 valence electrons. The van der Waals surface area contributed by atoms with Crippen LogP contribution in [0.5, 0.6) is 0 Å². The Morgan fingerprint density at radius 1 is 0.429 bits per heavy atom. The Hall–Kier alpha value is 0.490. The topological polar surface area (TPSA) is 12.9 Å². The molecule has 0 fully saturated rings. The predicted molar refractivity (Wildman–Crippen MR) is 125 cm³/mol. The maximum Gasteiger partial charge on any atom is 0.0809 e. The highest BCUT2D eigenvalue weighted by Gasteiger charge is 2.23. The van der Waals surface area contributed by atoms with E-state index in [1.54, 1.807) is 12.1 Å². The summed E-state index contributed by atoms with van der Waals surface area (Å²) in [4.78, 5) is 4.36. The number of benzene rings is 2. The summed E-state index contributed by atoms with van der Waals surface area (Å²) in [5.74, 6) is 0. The second kappa shape index (κ2) is 8.93. The zero-order valence-corrected chi connectivity index (χ0v) is 20.5. The summed E-state index contributed by atoms with van der Waals surface area (Å²) >= 11 is 61.7. The Bertz CT molecular complexity index is 962. The molecule has 2 aromatic carbocycles. The van der Waals surface area contributed by atoms with Crippen LogP contribution < -0.4 is 0 Å². The van der Waals surface area contributed by atoms with Crippen LogP contribution in [-0.4, -0.2) is 4.98 Å². The van der Waals surface area contributed by atoms with Gasteiger partial charge in [-0.05, 0) is 6.07 Å². The van der Waals surface area contributed by atoms with E-state index in [2.05, 4.69) is 4.98 Å². The molecule has 11 heteroatoms. The Morgan fingerprint density at radius 2 is 0.786 bits per heavy atom. The van der Waals surface area contributed by atoms with Crippen LogP contribution in [0.3, 0.4) is 0 Å². The molecule has 0 saturated carbocycles. The molecule has 0 unspecified atom stereocenters. The summed E-state index contributed by atoms with van der Waals surface area (Å²) in [6.45, 7) is 0. The lowest BCUT2D eigenvalue weighted by atomic mass is 10.1. The smallest absolute Gasteiger partial charge is 0.0809 e. The molecule has 1 aromatic heterocycles. The molecule has 0 aliphatic heterocycles. The van der Waals surface area contributed by atoms with Crippen molar-refractivity contribution in [3.8, 4) is 22.4 Å². The van der Waals surface area contributed by atoms with Gasteiger partial charge in [-0.15, -0.1) is 0 Å². The van der Waals surface area contributed by atoms with E-state index < -0.39 is 0 Å². The van der Waals surface area contributed by atoms with E-state index in [0.717, 1.165) is 0 Å². The molecule has 0 N–H and O–H groups in total. The third-order valence-corrected chi connectivity index (χ3v) is 8.28. The molecule has 3 rings (SSSR count). The fourth-order valence-electron chi connectivity index (χ4n) is 2.38. The normalized spacial score (nSPS) is 11.2. The summed E-state index contributed by atoms with van der Waals surface area (Å²) in [5, 5.41) is 0.956. The number of hydrogen-bond donors (Lipinski definition) is 0. The van der Waals surface area contributed by atoms with Crippen LogP contribution in [0, 0.1) is 0 Å². The summed E-state index contributed by atoms with van der Waals surface area (Å²) in [6.07, 6.45) is 1.49. The molecule has 0 bridgehead atoms. The van der Waals surface area contributed by atoms with Gasteiger partial charge < -0.3 is 0 Å². The van der Waals surface area contributed by atoms with Gasteiger partial charge in [0.25, 0.3) is 0 Å². The van der Waals surface area contributed by atoms with Gasteiger partial charge in [-0.1, -0.05) is 122 Å². The monoisotopic (exact) mass is 571 g/mol. The lowest BCUT2D eigenvalue weighted by Gasteiger charge is -2.14. The molecule has 0 amide bonds. The van der Waals surface area contributed by atoms with E-state index in [4.69, 9.17) is 116 Å². The first-order valence-corrected chi connectivity index (χ1v) is 10.9. The van der Waals surface area contributed by atoms with E-state index in [1.165, 1.54) is 6.20 Å². The molecular weight excluding hydrogens is 573 g/mol. The molecule has 0 saturated heterocycles. The lowest BCUT2D eigenvalue weighted by Crippen LogP contribution is -1.92. The van der Waals surface area contributed by atoms with Crippen molar-refractivity contribution in [3.63, 3.8) is 0 Å². The summed E-state index contributed by atoms with van der Waals surface area (Å²) in [5.41, 5.74) is 1.65. The van der Waals surface area contributed by atoms with Crippen molar-refractivity contribution in [1.29, 1.82) is 0 Å². The minimum Gasteiger partial charge on any atom is -0.256 e. The minimum absolute atomic E-state index is 0.0581. The molecule has 0 aliphatic carbocycles. The third-order valence-electron chi connectivity index (χ3n) is 3.73. The molecule has 1 heterocycles. The van der Waals surface area contributed by atoms with Crippen LogP contribution >= 0.6 is 116 Å². The van der Waals surface area contributed by atoms with Crippen molar-refractivity contribution in [2.24, 2.45) is 0 Å². The first-order chi connectivity index (χ1) is 13.1. The van der Waals surface area contributed by atoms with Gasteiger partial charge in [0.05, 0.1) is 55.9 Å². The molecule has 0 atom stereocenters. The van der Waals surface area contributed by atoms with Crippen molar-refractivity contribution >= 4 is 116 Å². The highest BCUT2D eigenvalue weighted by molar-refractivity contribution is 6.57. The summed E-state index contributed by atoms with van der Waals surface area (Å²) < 4.78 is 0. The van der Waals surface area contributed by atoms with Crippen molar-refractivity contribution in [2.75, 3.05) is 0 Å². The van der Waals surface area contributed by atoms with Crippen molar-refractivity contribution in [1.82, 2.24) is 4.98 Å². The fraction of sp³-hybridized carbons (Fsp3) is 0. The zero-order chi connectivity index (χ0) is 20.9. The highest BCUT2D eigenvalue weighted by atomic mass is 35.5. The molecule has 28 heavy (non-hydrogen) atoms. The first-order valence-electron chi connectivity index (χ1n) is 7.07. The Labute approximate surface area is 210 Å². The van der Waals surface area contributed by atoms with Crippen LogP contribution in [0.15, 0.2) is 18.3 Å². The van der Waals surface area contributed by atoms with E-state index >= 15 is 0 Å². The SMILES string of the molecule is Clc1c(Cl)c(Cl)c(-c2ccc(-c3c(Cl)c(Cl)c(Cl)c(Cl)c3Cl)nc2)c(Cl)c1Cl. The maximum atomic E-state index is 6.30. The largest absolute Gasteiger partial charge is 0.256 e. The van der Waals surface area contributed by atoms with Crippen molar-refractivity contribution < 1.29 is 0 Å². The van der Waals surface area contributed by atoms with Crippen molar-refractivity contribution in [2.45, 2.75) is 0 Å². The van der Waals surface area contributed by atoms with Gasteiger partial charge >= 0.3 is 0 Å². The molecule has 0 spiro atoms.